The SMILES string of the molecule is COc1cc(C(C)=O)ccc1OCC(=O)Nc1cc(C)on1. The lowest BCUT2D eigenvalue weighted by Gasteiger charge is -2.11. The minimum atomic E-state index is -0.383. The number of benzene rings is 1. The van der Waals surface area contributed by atoms with Crippen LogP contribution >= 0.6 is 0 Å². The second kappa shape index (κ2) is 6.75. The molecule has 0 unspecified atom stereocenters. The van der Waals surface area contributed by atoms with Gasteiger partial charge in [0.1, 0.15) is 5.76 Å². The Kier molecular flexibility index (Phi) is 4.77. The Labute approximate surface area is 127 Å². The molecule has 0 aliphatic carbocycles. The van der Waals surface area contributed by atoms with Gasteiger partial charge >= 0.3 is 0 Å². The van der Waals surface area contributed by atoms with E-state index >= 15 is 0 Å². The number of aryl methyl sites for hydroxylation is 1. The lowest BCUT2D eigenvalue weighted by molar-refractivity contribution is -0.118. The molecule has 1 aromatic carbocycles. The number of hydrogen-bond donors (Lipinski definition) is 1. The largest absolute Gasteiger partial charge is 0.493 e. The van der Waals surface area contributed by atoms with E-state index in [1.54, 1.807) is 31.2 Å². The van der Waals surface area contributed by atoms with Crippen molar-refractivity contribution in [2.45, 2.75) is 13.8 Å². The fraction of sp³-hybridized carbons (Fsp3) is 0.267. The number of carbonyl (C=O) groups is 2. The van der Waals surface area contributed by atoms with Crippen molar-refractivity contribution in [3.63, 3.8) is 0 Å². The molecule has 22 heavy (non-hydrogen) atoms. The molecular weight excluding hydrogens is 288 g/mol. The fourth-order valence-corrected chi connectivity index (χ4v) is 1.75. The topological polar surface area (TPSA) is 90.7 Å². The minimum absolute atomic E-state index is 0.0796. The lowest BCUT2D eigenvalue weighted by Crippen LogP contribution is -2.20. The number of rotatable bonds is 6. The van der Waals surface area contributed by atoms with Gasteiger partial charge in [-0.3, -0.25) is 9.59 Å². The van der Waals surface area contributed by atoms with Crippen LogP contribution in [-0.2, 0) is 4.79 Å². The zero-order valence-corrected chi connectivity index (χ0v) is 12.5. The summed E-state index contributed by atoms with van der Waals surface area (Å²) in [6.07, 6.45) is 0. The molecule has 0 aliphatic heterocycles. The number of amides is 1. The summed E-state index contributed by atoms with van der Waals surface area (Å²) in [5, 5.41) is 6.19. The standard InChI is InChI=1S/C15H16N2O5/c1-9-6-14(17-22-9)16-15(19)8-21-12-5-4-11(10(2)18)7-13(12)20-3/h4-7H,8H2,1-3H3,(H,16,17,19). The van der Waals surface area contributed by atoms with Gasteiger partial charge in [-0.25, -0.2) is 0 Å². The second-order valence-corrected chi connectivity index (χ2v) is 4.58. The number of aromatic nitrogens is 1. The van der Waals surface area contributed by atoms with Gasteiger partial charge in [0.15, 0.2) is 29.7 Å². The summed E-state index contributed by atoms with van der Waals surface area (Å²) in [7, 11) is 1.46. The van der Waals surface area contributed by atoms with Gasteiger partial charge < -0.3 is 19.3 Å². The first-order valence-corrected chi connectivity index (χ1v) is 6.54. The number of methoxy groups -OCH3 is 1. The summed E-state index contributed by atoms with van der Waals surface area (Å²) in [6.45, 7) is 2.96. The normalized spacial score (nSPS) is 10.1. The van der Waals surface area contributed by atoms with Crippen molar-refractivity contribution in [2.24, 2.45) is 0 Å². The molecular formula is C15H16N2O5. The predicted molar refractivity (Wildman–Crippen MR) is 78.4 cm³/mol. The van der Waals surface area contributed by atoms with Crippen molar-refractivity contribution in [3.8, 4) is 11.5 Å². The van der Waals surface area contributed by atoms with Crippen molar-refractivity contribution in [1.82, 2.24) is 5.16 Å². The highest BCUT2D eigenvalue weighted by atomic mass is 16.5. The van der Waals surface area contributed by atoms with Gasteiger partial charge in [0.2, 0.25) is 0 Å². The Morgan fingerprint density at radius 3 is 2.64 bits per heavy atom. The number of hydrogen-bond acceptors (Lipinski definition) is 6. The molecule has 0 spiro atoms. The molecule has 2 rings (SSSR count). The van der Waals surface area contributed by atoms with E-state index in [0.29, 0.717) is 28.6 Å². The molecule has 0 saturated heterocycles. The third-order valence-corrected chi connectivity index (χ3v) is 2.82. The van der Waals surface area contributed by atoms with Gasteiger partial charge in [-0.05, 0) is 32.0 Å². The minimum Gasteiger partial charge on any atom is -0.493 e. The van der Waals surface area contributed by atoms with Gasteiger partial charge in [0.05, 0.1) is 7.11 Å². The smallest absolute Gasteiger partial charge is 0.263 e. The summed E-state index contributed by atoms with van der Waals surface area (Å²) < 4.78 is 15.4. The lowest BCUT2D eigenvalue weighted by atomic mass is 10.1. The summed E-state index contributed by atoms with van der Waals surface area (Å²) >= 11 is 0. The van der Waals surface area contributed by atoms with Crippen LogP contribution in [0.4, 0.5) is 5.82 Å². The highest BCUT2D eigenvalue weighted by Gasteiger charge is 2.11. The number of ether oxygens (including phenoxy) is 2. The van der Waals surface area contributed by atoms with Gasteiger partial charge in [-0.2, -0.15) is 0 Å². The van der Waals surface area contributed by atoms with Crippen molar-refractivity contribution < 1.29 is 23.6 Å². The third-order valence-electron chi connectivity index (χ3n) is 2.82. The molecule has 116 valence electrons. The van der Waals surface area contributed by atoms with Gasteiger partial charge in [0, 0.05) is 11.6 Å². The quantitative estimate of drug-likeness (QED) is 0.823. The van der Waals surface area contributed by atoms with E-state index in [0.717, 1.165) is 0 Å². The van der Waals surface area contributed by atoms with E-state index in [2.05, 4.69) is 10.5 Å². The van der Waals surface area contributed by atoms with Crippen LogP contribution in [0.2, 0.25) is 0 Å². The van der Waals surface area contributed by atoms with Crippen LogP contribution in [0.1, 0.15) is 23.0 Å². The molecule has 0 aliphatic rings. The molecule has 7 nitrogen and oxygen atoms in total. The van der Waals surface area contributed by atoms with Crippen LogP contribution in [0.15, 0.2) is 28.8 Å². The molecule has 0 bridgehead atoms. The summed E-state index contributed by atoms with van der Waals surface area (Å²) in [6, 6.07) is 6.36. The van der Waals surface area contributed by atoms with E-state index in [1.165, 1.54) is 14.0 Å². The molecule has 1 N–H and O–H groups in total. The molecule has 0 radical (unpaired) electrons. The van der Waals surface area contributed by atoms with E-state index < -0.39 is 0 Å². The van der Waals surface area contributed by atoms with E-state index in [1.807, 2.05) is 0 Å². The fourth-order valence-electron chi connectivity index (χ4n) is 1.75. The summed E-state index contributed by atoms with van der Waals surface area (Å²) in [4.78, 5) is 23.1. The van der Waals surface area contributed by atoms with Gasteiger partial charge in [-0.1, -0.05) is 5.16 Å². The molecule has 0 saturated carbocycles. The maximum atomic E-state index is 11.8. The van der Waals surface area contributed by atoms with Crippen LogP contribution in [0.5, 0.6) is 11.5 Å². The molecule has 1 amide bonds. The van der Waals surface area contributed by atoms with Gasteiger partial charge in [0.25, 0.3) is 5.91 Å². The van der Waals surface area contributed by atoms with Crippen LogP contribution in [-0.4, -0.2) is 30.6 Å². The molecule has 1 heterocycles. The number of carbonyl (C=O) groups excluding carboxylic acids is 2. The van der Waals surface area contributed by atoms with E-state index in [-0.39, 0.29) is 18.3 Å². The second-order valence-electron chi connectivity index (χ2n) is 4.58. The Morgan fingerprint density at radius 2 is 2.05 bits per heavy atom. The first-order chi connectivity index (χ1) is 10.5. The van der Waals surface area contributed by atoms with Crippen LogP contribution in [0, 0.1) is 6.92 Å². The molecule has 0 fully saturated rings. The number of nitrogens with zero attached hydrogens (tertiary/aromatic N) is 1. The Hall–Kier alpha value is -2.83. The maximum Gasteiger partial charge on any atom is 0.263 e. The first kappa shape index (κ1) is 15.6. The maximum absolute atomic E-state index is 11.8. The number of Topliss-reactive ketones (excluding diaryl/α,β-unsaturated/α-hetero) is 1. The average molecular weight is 304 g/mol. The third kappa shape index (κ3) is 3.85. The van der Waals surface area contributed by atoms with Crippen LogP contribution in [0.25, 0.3) is 0 Å². The number of anilines is 1. The monoisotopic (exact) mass is 304 g/mol. The van der Waals surface area contributed by atoms with Crippen LogP contribution in [0.3, 0.4) is 0 Å². The molecule has 2 aromatic rings. The number of nitrogens with one attached hydrogen (secondary N) is 1. The number of ketones is 1. The van der Waals surface area contributed by atoms with Crippen LogP contribution < -0.4 is 14.8 Å². The van der Waals surface area contributed by atoms with E-state index in [9.17, 15) is 9.59 Å². The zero-order valence-electron chi connectivity index (χ0n) is 12.5. The van der Waals surface area contributed by atoms with Gasteiger partial charge in [-0.15, -0.1) is 0 Å². The zero-order chi connectivity index (χ0) is 16.1. The average Bonchev–Trinajstić information content (AvgIpc) is 2.89. The van der Waals surface area contributed by atoms with Crippen molar-refractivity contribution in [1.29, 1.82) is 0 Å². The highest BCUT2D eigenvalue weighted by Crippen LogP contribution is 2.28. The molecule has 1 aromatic heterocycles. The van der Waals surface area contributed by atoms with Crippen molar-refractivity contribution >= 4 is 17.5 Å². The Morgan fingerprint density at radius 1 is 1.27 bits per heavy atom. The predicted octanol–water partition coefficient (Wildman–Crippen LogP) is 2.21. The first-order valence-electron chi connectivity index (χ1n) is 6.54. The summed E-state index contributed by atoms with van der Waals surface area (Å²) in [5.41, 5.74) is 0.506. The summed E-state index contributed by atoms with van der Waals surface area (Å²) in [5.74, 6) is 1.22. The van der Waals surface area contributed by atoms with E-state index in [4.69, 9.17) is 14.0 Å². The highest BCUT2D eigenvalue weighted by molar-refractivity contribution is 5.94. The van der Waals surface area contributed by atoms with Crippen molar-refractivity contribution in [3.05, 3.63) is 35.6 Å². The molecule has 7 heteroatoms. The van der Waals surface area contributed by atoms with Crippen molar-refractivity contribution in [2.75, 3.05) is 19.0 Å². The molecule has 0 atom stereocenters. The Bertz CT molecular complexity index is 693. The Balaban J connectivity index is 1.98.